The molecule has 0 spiro atoms. The van der Waals surface area contributed by atoms with Gasteiger partial charge in [0.25, 0.3) is 0 Å². The van der Waals surface area contributed by atoms with Gasteiger partial charge in [0.1, 0.15) is 6.07 Å². The minimum atomic E-state index is 0.0706. The summed E-state index contributed by atoms with van der Waals surface area (Å²) in [5.74, 6) is 0. The van der Waals surface area contributed by atoms with E-state index in [9.17, 15) is 5.26 Å². The second-order valence-corrected chi connectivity index (χ2v) is 8.07. The van der Waals surface area contributed by atoms with Gasteiger partial charge in [0.05, 0.1) is 11.1 Å². The van der Waals surface area contributed by atoms with Gasteiger partial charge in [0.2, 0.25) is 0 Å². The Morgan fingerprint density at radius 3 is 2.67 bits per heavy atom. The molecular weight excluding hydrogens is 355 g/mol. The SMILES string of the molecule is CC(C)(C)Sc1c(C#N)cnc2ccc(I)cc12. The standard InChI is InChI=1S/C14H13IN2S/c1-14(2,3)18-13-9(7-16)8-17-12-5-4-10(15)6-11(12)13/h4-6,8H,1-3H3. The number of rotatable bonds is 1. The van der Waals surface area contributed by atoms with Crippen LogP contribution in [0.5, 0.6) is 0 Å². The fourth-order valence-corrected chi connectivity index (χ4v) is 3.22. The van der Waals surface area contributed by atoms with Gasteiger partial charge in [-0.15, -0.1) is 11.8 Å². The molecule has 1 heterocycles. The van der Waals surface area contributed by atoms with Crippen LogP contribution in [-0.2, 0) is 0 Å². The average Bonchev–Trinajstić information content (AvgIpc) is 2.28. The van der Waals surface area contributed by atoms with Crippen molar-refractivity contribution in [3.63, 3.8) is 0 Å². The zero-order chi connectivity index (χ0) is 13.3. The molecule has 0 amide bonds. The zero-order valence-electron chi connectivity index (χ0n) is 10.5. The van der Waals surface area contributed by atoms with E-state index in [0.29, 0.717) is 5.56 Å². The van der Waals surface area contributed by atoms with Gasteiger partial charge in [-0.2, -0.15) is 5.26 Å². The quantitative estimate of drug-likeness (QED) is 0.545. The van der Waals surface area contributed by atoms with Gasteiger partial charge < -0.3 is 0 Å². The van der Waals surface area contributed by atoms with Crippen LogP contribution in [0.1, 0.15) is 26.3 Å². The number of pyridine rings is 1. The van der Waals surface area contributed by atoms with Crippen LogP contribution in [0.4, 0.5) is 0 Å². The third-order valence-corrected chi connectivity index (χ3v) is 4.24. The number of fused-ring (bicyclic) bond motifs is 1. The molecule has 0 aliphatic heterocycles. The second-order valence-electron chi connectivity index (χ2n) is 4.99. The van der Waals surface area contributed by atoms with Crippen molar-refractivity contribution in [2.45, 2.75) is 30.4 Å². The molecule has 0 bridgehead atoms. The summed E-state index contributed by atoms with van der Waals surface area (Å²) in [6.07, 6.45) is 1.67. The third kappa shape index (κ3) is 2.96. The van der Waals surface area contributed by atoms with Crippen molar-refractivity contribution in [2.24, 2.45) is 0 Å². The van der Waals surface area contributed by atoms with E-state index in [1.165, 1.54) is 0 Å². The number of aromatic nitrogens is 1. The molecule has 2 aromatic rings. The monoisotopic (exact) mass is 368 g/mol. The van der Waals surface area contributed by atoms with Gasteiger partial charge in [-0.1, -0.05) is 20.8 Å². The smallest absolute Gasteiger partial charge is 0.102 e. The van der Waals surface area contributed by atoms with Crippen LogP contribution in [0.25, 0.3) is 10.9 Å². The molecule has 0 N–H and O–H groups in total. The molecule has 0 radical (unpaired) electrons. The van der Waals surface area contributed by atoms with Crippen LogP contribution in [0, 0.1) is 14.9 Å². The number of nitrogens with zero attached hydrogens (tertiary/aromatic N) is 2. The van der Waals surface area contributed by atoms with Crippen LogP contribution in [0.15, 0.2) is 29.3 Å². The summed E-state index contributed by atoms with van der Waals surface area (Å²) in [5, 5.41) is 10.3. The van der Waals surface area contributed by atoms with Crippen molar-refractivity contribution in [1.29, 1.82) is 5.26 Å². The van der Waals surface area contributed by atoms with Crippen LogP contribution in [0.3, 0.4) is 0 Å². The Hall–Kier alpha value is -0.800. The van der Waals surface area contributed by atoms with Crippen molar-refractivity contribution in [3.05, 3.63) is 33.5 Å². The van der Waals surface area contributed by atoms with E-state index in [-0.39, 0.29) is 4.75 Å². The summed E-state index contributed by atoms with van der Waals surface area (Å²) >= 11 is 4.01. The summed E-state index contributed by atoms with van der Waals surface area (Å²) in [5.41, 5.74) is 1.60. The second kappa shape index (κ2) is 5.06. The molecule has 1 aromatic heterocycles. The molecule has 2 nitrogen and oxygen atoms in total. The Balaban J connectivity index is 2.73. The highest BCUT2D eigenvalue weighted by atomic mass is 127. The van der Waals surface area contributed by atoms with E-state index >= 15 is 0 Å². The van der Waals surface area contributed by atoms with Crippen LogP contribution >= 0.6 is 34.4 Å². The van der Waals surface area contributed by atoms with E-state index < -0.39 is 0 Å². The van der Waals surface area contributed by atoms with Crippen molar-refractivity contribution < 1.29 is 0 Å². The number of nitriles is 1. The largest absolute Gasteiger partial charge is 0.255 e. The highest BCUT2D eigenvalue weighted by Crippen LogP contribution is 2.38. The van der Waals surface area contributed by atoms with Gasteiger partial charge in [-0.3, -0.25) is 4.98 Å². The van der Waals surface area contributed by atoms with E-state index in [0.717, 1.165) is 19.4 Å². The summed E-state index contributed by atoms with van der Waals surface area (Å²) in [7, 11) is 0. The van der Waals surface area contributed by atoms with Gasteiger partial charge in [0, 0.05) is 24.8 Å². The summed E-state index contributed by atoms with van der Waals surface area (Å²) < 4.78 is 1.23. The fourth-order valence-electron chi connectivity index (χ4n) is 1.64. The molecular formula is C14H13IN2S. The third-order valence-electron chi connectivity index (χ3n) is 2.31. The molecule has 0 unspecified atom stereocenters. The van der Waals surface area contributed by atoms with Crippen LogP contribution in [0.2, 0.25) is 0 Å². The molecule has 18 heavy (non-hydrogen) atoms. The number of hydrogen-bond donors (Lipinski definition) is 0. The number of halogens is 1. The molecule has 0 saturated heterocycles. The molecule has 2 rings (SSSR count). The lowest BCUT2D eigenvalue weighted by molar-refractivity contribution is 0.803. The van der Waals surface area contributed by atoms with Crippen LogP contribution < -0.4 is 0 Å². The Morgan fingerprint density at radius 2 is 2.06 bits per heavy atom. The molecule has 0 aliphatic carbocycles. The Labute approximate surface area is 125 Å². The first-order chi connectivity index (χ1) is 8.40. The Bertz CT molecular complexity index is 639. The van der Waals surface area contributed by atoms with Crippen LogP contribution in [-0.4, -0.2) is 9.73 Å². The highest BCUT2D eigenvalue weighted by molar-refractivity contribution is 14.1. The maximum atomic E-state index is 9.24. The maximum absolute atomic E-state index is 9.24. The molecule has 0 fully saturated rings. The summed E-state index contributed by atoms with van der Waals surface area (Å²) in [4.78, 5) is 5.38. The number of thioether (sulfide) groups is 1. The number of benzene rings is 1. The van der Waals surface area contributed by atoms with Gasteiger partial charge in [0.15, 0.2) is 0 Å². The lowest BCUT2D eigenvalue weighted by atomic mass is 10.2. The topological polar surface area (TPSA) is 36.7 Å². The van der Waals surface area contributed by atoms with Gasteiger partial charge >= 0.3 is 0 Å². The zero-order valence-corrected chi connectivity index (χ0v) is 13.5. The molecule has 4 heteroatoms. The van der Waals surface area contributed by atoms with Crippen molar-refractivity contribution in [2.75, 3.05) is 0 Å². The molecule has 0 aliphatic rings. The Morgan fingerprint density at radius 1 is 1.33 bits per heavy atom. The first kappa shape index (κ1) is 13.6. The molecule has 92 valence electrons. The minimum Gasteiger partial charge on any atom is -0.255 e. The molecule has 0 saturated carbocycles. The van der Waals surface area contributed by atoms with E-state index in [2.05, 4.69) is 60.5 Å². The first-order valence-electron chi connectivity index (χ1n) is 5.58. The summed E-state index contributed by atoms with van der Waals surface area (Å²) in [6.45, 7) is 6.46. The Kier molecular flexibility index (Phi) is 3.83. The first-order valence-corrected chi connectivity index (χ1v) is 7.47. The van der Waals surface area contributed by atoms with Gasteiger partial charge in [-0.25, -0.2) is 0 Å². The van der Waals surface area contributed by atoms with E-state index in [1.54, 1.807) is 18.0 Å². The summed E-state index contributed by atoms with van der Waals surface area (Å²) in [6, 6.07) is 8.38. The van der Waals surface area contributed by atoms with Crippen molar-refractivity contribution in [1.82, 2.24) is 4.98 Å². The van der Waals surface area contributed by atoms with E-state index in [1.807, 2.05) is 12.1 Å². The fraction of sp³-hybridized carbons (Fsp3) is 0.286. The predicted molar refractivity (Wildman–Crippen MR) is 84.8 cm³/mol. The van der Waals surface area contributed by atoms with Gasteiger partial charge in [-0.05, 0) is 40.8 Å². The minimum absolute atomic E-state index is 0.0706. The average molecular weight is 368 g/mol. The normalized spacial score (nSPS) is 11.5. The van der Waals surface area contributed by atoms with Crippen molar-refractivity contribution in [3.8, 4) is 6.07 Å². The molecule has 1 aromatic carbocycles. The predicted octanol–water partition coefficient (Wildman–Crippen LogP) is 4.60. The van der Waals surface area contributed by atoms with Crippen molar-refractivity contribution >= 4 is 45.3 Å². The molecule has 0 atom stereocenters. The lowest BCUT2D eigenvalue weighted by Gasteiger charge is -2.19. The van der Waals surface area contributed by atoms with E-state index in [4.69, 9.17) is 0 Å². The maximum Gasteiger partial charge on any atom is 0.102 e. The number of hydrogen-bond acceptors (Lipinski definition) is 3. The lowest BCUT2D eigenvalue weighted by Crippen LogP contribution is -2.07. The highest BCUT2D eigenvalue weighted by Gasteiger charge is 2.18.